The molecule has 5 nitrogen and oxygen atoms in total. The van der Waals surface area contributed by atoms with E-state index < -0.39 is 19.8 Å². The van der Waals surface area contributed by atoms with Gasteiger partial charge < -0.3 is 0 Å². The number of carbonyl (C=O) groups excluding carboxylic acids is 1. The molecule has 0 spiro atoms. The second-order valence-corrected chi connectivity index (χ2v) is 18.0. The van der Waals surface area contributed by atoms with Crippen molar-refractivity contribution in [3.8, 4) is 0 Å². The minimum absolute atomic E-state index is 0. The summed E-state index contributed by atoms with van der Waals surface area (Å²) in [6, 6.07) is 68.1. The first-order chi connectivity index (χ1) is 25.0. The first kappa shape index (κ1) is 38.1. The van der Waals surface area contributed by atoms with Crippen LogP contribution in [0.4, 0.5) is 0 Å². The Morgan fingerprint density at radius 3 is 1.04 bits per heavy atom. The van der Waals surface area contributed by atoms with Crippen molar-refractivity contribution >= 4 is 52.4 Å². The smallest absolute Gasteiger partial charge is 0.0622 e. The van der Waals surface area contributed by atoms with Crippen LogP contribution in [0.1, 0.15) is 10.4 Å². The van der Waals surface area contributed by atoms with Gasteiger partial charge in [0.1, 0.15) is 0 Å². The Labute approximate surface area is 321 Å². The quantitative estimate of drug-likeness (QED) is 0.0329. The van der Waals surface area contributed by atoms with Crippen molar-refractivity contribution < 1.29 is 36.9 Å². The number of nitrogens with zero attached hydrogens (tertiary/aromatic N) is 1. The minimum Gasteiger partial charge on any atom is -0.0622 e. The minimum atomic E-state index is -4.48. The van der Waals surface area contributed by atoms with Gasteiger partial charge in [-0.3, -0.25) is 0 Å². The summed E-state index contributed by atoms with van der Waals surface area (Å²) < 4.78 is 5.85. The molecule has 0 aliphatic carbocycles. The largest absolute Gasteiger partial charge is 1.00 e. The number of hydrogen-bond donors (Lipinski definition) is 0. The summed E-state index contributed by atoms with van der Waals surface area (Å²) in [5.41, 5.74) is 0.427. The maximum absolute atomic E-state index is 13.6. The molecule has 7 aromatic rings. The van der Waals surface area contributed by atoms with Crippen LogP contribution in [-0.2, 0) is 27.0 Å². The van der Waals surface area contributed by atoms with Crippen molar-refractivity contribution in [1.29, 1.82) is 0 Å². The molecular weight excluding hydrogens is 865 g/mol. The second-order valence-electron chi connectivity index (χ2n) is 11.6. The fourth-order valence-electron chi connectivity index (χ4n) is 6.23. The average Bonchev–Trinajstić information content (AvgIpc) is 3.20. The zero-order chi connectivity index (χ0) is 35.4. The van der Waals surface area contributed by atoms with Gasteiger partial charge in [-0.1, -0.05) is 91.0 Å². The molecule has 0 saturated heterocycles. The van der Waals surface area contributed by atoms with E-state index in [4.69, 9.17) is 4.62 Å². The van der Waals surface area contributed by atoms with E-state index in [-0.39, 0.29) is 28.2 Å². The van der Waals surface area contributed by atoms with Gasteiger partial charge in [0.25, 0.3) is 0 Å². The molecule has 0 amide bonds. The van der Waals surface area contributed by atoms with Gasteiger partial charge in [0, 0.05) is 0 Å². The van der Waals surface area contributed by atoms with Crippen molar-refractivity contribution in [3.05, 3.63) is 234 Å². The molecule has 0 radical (unpaired) electrons. The molecule has 8 heteroatoms. The van der Waals surface area contributed by atoms with Gasteiger partial charge in [-0.15, -0.1) is 0 Å². The van der Waals surface area contributed by atoms with Gasteiger partial charge in [-0.25, -0.2) is 0 Å². The summed E-state index contributed by atoms with van der Waals surface area (Å²) in [5, 5.41) is 17.3. The summed E-state index contributed by atoms with van der Waals surface area (Å²) in [4.78, 5) is 25.8. The van der Waals surface area contributed by atoms with E-state index in [0.29, 0.717) is 21.5 Å². The zero-order valence-electron chi connectivity index (χ0n) is 28.1. The van der Waals surface area contributed by atoms with Crippen molar-refractivity contribution in [2.45, 2.75) is 0 Å². The predicted octanol–water partition coefficient (Wildman–Crippen LogP) is 8.13. The SMILES string of the molecule is O=C([CH-]P(O[N+](=O)[O-])(c1ccccc1)(c1ccccc1)c1ccccc1)c1ccccc1.[Au+].c1ccc(P(c2ccccc2)c2ccccc2)cc1. The zero-order valence-corrected chi connectivity index (χ0v) is 32.0. The second kappa shape index (κ2) is 17.9. The van der Waals surface area contributed by atoms with Crippen LogP contribution >= 0.6 is 14.8 Å². The van der Waals surface area contributed by atoms with Gasteiger partial charge >= 0.3 is 209 Å². The van der Waals surface area contributed by atoms with Crippen LogP contribution in [0.25, 0.3) is 0 Å². The first-order valence-corrected chi connectivity index (χ1v) is 20.0. The fraction of sp³-hybridized carbons (Fsp3) is 0. The number of carbonyl (C=O) groups is 1. The topological polar surface area (TPSA) is 69.4 Å². The fourth-order valence-corrected chi connectivity index (χ4v) is 13.4. The van der Waals surface area contributed by atoms with Crippen LogP contribution in [-0.4, -0.2) is 10.9 Å². The van der Waals surface area contributed by atoms with Gasteiger partial charge in [0.15, 0.2) is 0 Å². The van der Waals surface area contributed by atoms with E-state index in [1.807, 2.05) is 24.3 Å². The Kier molecular flexibility index (Phi) is 13.1. The molecule has 0 atom stereocenters. The predicted molar refractivity (Wildman–Crippen MR) is 213 cm³/mol. The number of hydrogen-bond acceptors (Lipinski definition) is 4. The van der Waals surface area contributed by atoms with E-state index >= 15 is 0 Å². The Morgan fingerprint density at radius 2 is 0.750 bits per heavy atom. The van der Waals surface area contributed by atoms with E-state index in [0.717, 1.165) is 0 Å². The van der Waals surface area contributed by atoms with Crippen LogP contribution in [0.15, 0.2) is 212 Å². The third-order valence-electron chi connectivity index (χ3n) is 8.51. The van der Waals surface area contributed by atoms with Crippen LogP contribution in [0.2, 0.25) is 0 Å². The summed E-state index contributed by atoms with van der Waals surface area (Å²) in [5.74, 6) is -0.346. The molecule has 262 valence electrons. The van der Waals surface area contributed by atoms with Crippen LogP contribution in [0, 0.1) is 16.3 Å². The summed E-state index contributed by atoms with van der Waals surface area (Å²) >= 11 is 0. The molecule has 0 aromatic heterocycles. The molecule has 0 heterocycles. The Morgan fingerprint density at radius 1 is 0.481 bits per heavy atom. The maximum atomic E-state index is 13.6. The Bertz CT molecular complexity index is 1950. The van der Waals surface area contributed by atoms with Crippen LogP contribution < -0.4 is 31.8 Å². The van der Waals surface area contributed by atoms with E-state index in [2.05, 4.69) is 91.0 Å². The molecule has 0 bridgehead atoms. The van der Waals surface area contributed by atoms with E-state index in [1.165, 1.54) is 22.1 Å². The monoisotopic (exact) mass is 901 g/mol. The van der Waals surface area contributed by atoms with Crippen molar-refractivity contribution in [3.63, 3.8) is 0 Å². The van der Waals surface area contributed by atoms with Crippen molar-refractivity contribution in [2.24, 2.45) is 0 Å². The van der Waals surface area contributed by atoms with Gasteiger partial charge in [0.05, 0.1) is 0 Å². The molecule has 0 aliphatic heterocycles. The molecule has 0 unspecified atom stereocenters. The summed E-state index contributed by atoms with van der Waals surface area (Å²) in [7, 11) is -0.446. The van der Waals surface area contributed by atoms with E-state index in [1.54, 1.807) is 97.1 Å². The Hall–Kier alpha value is -5.12. The average molecular weight is 902 g/mol. The van der Waals surface area contributed by atoms with Crippen LogP contribution in [0.3, 0.4) is 0 Å². The normalized spacial score (nSPS) is 11.4. The standard InChI is InChI=1S/C26H21NO4P.C18H15P.Au/c28-26(22-13-5-1-6-14-22)21-32(31-27(29)30,23-15-7-2-8-16-23,24-17-9-3-10-18-24)25-19-11-4-12-20-25;1-4-10-16(11-5-1)19(17-12-6-2-7-13-17)18-14-8-3-9-15-18;/h1-21H;1-15H;/q-1;;+1. The molecule has 0 N–H and O–H groups in total. The maximum Gasteiger partial charge on any atom is 1.00 e. The number of rotatable bonds is 11. The first-order valence-electron chi connectivity index (χ1n) is 16.4. The summed E-state index contributed by atoms with van der Waals surface area (Å²) in [6.45, 7) is -4.48. The molecule has 52 heavy (non-hydrogen) atoms. The molecule has 0 aliphatic rings. The van der Waals surface area contributed by atoms with Gasteiger partial charge in [-0.2, -0.15) is 0 Å². The van der Waals surface area contributed by atoms with Crippen LogP contribution in [0.5, 0.6) is 0 Å². The number of Topliss-reactive ketones (excluding diaryl/α,β-unsaturated/α-hetero) is 1. The molecule has 0 saturated carbocycles. The summed E-state index contributed by atoms with van der Waals surface area (Å²) in [6.07, 6.45) is 1.45. The van der Waals surface area contributed by atoms with E-state index in [9.17, 15) is 14.9 Å². The molecule has 7 rings (SSSR count). The Balaban J connectivity index is 0.000000223. The molecular formula is C44H36AuNO4P2. The molecule has 0 fully saturated rings. The number of benzene rings is 7. The third kappa shape index (κ3) is 8.16. The molecule has 7 aromatic carbocycles. The van der Waals surface area contributed by atoms with Gasteiger partial charge in [-0.05, 0) is 23.8 Å². The van der Waals surface area contributed by atoms with Gasteiger partial charge in [0.2, 0.25) is 0 Å². The van der Waals surface area contributed by atoms with Crippen molar-refractivity contribution in [2.75, 3.05) is 0 Å². The third-order valence-corrected chi connectivity index (χ3v) is 16.1. The van der Waals surface area contributed by atoms with Crippen molar-refractivity contribution in [1.82, 2.24) is 0 Å². The number of ketones is 1.